The number of hydrogen-bond donors (Lipinski definition) is 2. The van der Waals surface area contributed by atoms with Crippen molar-refractivity contribution in [2.75, 3.05) is 6.54 Å². The number of carbonyl (C=O) groups excluding carboxylic acids is 2. The second kappa shape index (κ2) is 5.44. The van der Waals surface area contributed by atoms with Crippen LogP contribution in [0, 0.1) is 12.3 Å². The molecular formula is C7H9ClN2O2. The van der Waals surface area contributed by atoms with Crippen LogP contribution >= 0.6 is 11.6 Å². The third-order valence-corrected chi connectivity index (χ3v) is 1.15. The third kappa shape index (κ3) is 4.58. The van der Waals surface area contributed by atoms with Crippen molar-refractivity contribution in [1.82, 2.24) is 10.6 Å². The van der Waals surface area contributed by atoms with Crippen LogP contribution in [0.5, 0.6) is 0 Å². The summed E-state index contributed by atoms with van der Waals surface area (Å²) in [5.74, 6) is 1.64. The van der Waals surface area contributed by atoms with Gasteiger partial charge in [0.15, 0.2) is 0 Å². The number of terminal acetylenes is 1. The van der Waals surface area contributed by atoms with Crippen LogP contribution in [0.2, 0.25) is 0 Å². The van der Waals surface area contributed by atoms with Crippen LogP contribution in [-0.2, 0) is 4.79 Å². The lowest BCUT2D eigenvalue weighted by atomic mass is 10.4. The minimum Gasteiger partial charge on any atom is -0.327 e. The lowest BCUT2D eigenvalue weighted by molar-refractivity contribution is -0.119. The highest BCUT2D eigenvalue weighted by Crippen LogP contribution is 1.91. The van der Waals surface area contributed by atoms with Crippen LogP contribution in [0.25, 0.3) is 0 Å². The fraction of sp³-hybridized carbons (Fsp3) is 0.429. The fourth-order valence-corrected chi connectivity index (χ4v) is 0.441. The van der Waals surface area contributed by atoms with Gasteiger partial charge >= 0.3 is 6.03 Å². The molecule has 0 spiro atoms. The van der Waals surface area contributed by atoms with Gasteiger partial charge in [-0.2, -0.15) is 0 Å². The van der Waals surface area contributed by atoms with Crippen molar-refractivity contribution in [1.29, 1.82) is 0 Å². The maximum Gasteiger partial charge on any atom is 0.322 e. The lowest BCUT2D eigenvalue weighted by Gasteiger charge is -2.04. The zero-order valence-electron chi connectivity index (χ0n) is 6.56. The first-order valence-corrected chi connectivity index (χ1v) is 3.67. The van der Waals surface area contributed by atoms with Crippen molar-refractivity contribution < 1.29 is 9.59 Å². The Bertz CT molecular complexity index is 220. The molecule has 4 nitrogen and oxygen atoms in total. The lowest BCUT2D eigenvalue weighted by Crippen LogP contribution is -2.42. The van der Waals surface area contributed by atoms with E-state index < -0.39 is 17.3 Å². The van der Waals surface area contributed by atoms with Crippen LogP contribution in [0.4, 0.5) is 4.79 Å². The van der Waals surface area contributed by atoms with Crippen LogP contribution in [0.15, 0.2) is 0 Å². The Labute approximate surface area is 75.7 Å². The normalized spacial score (nSPS) is 11.1. The van der Waals surface area contributed by atoms with Crippen molar-refractivity contribution in [3.05, 3.63) is 0 Å². The van der Waals surface area contributed by atoms with E-state index >= 15 is 0 Å². The van der Waals surface area contributed by atoms with E-state index in [0.717, 1.165) is 0 Å². The number of nitrogens with one attached hydrogen (secondary N) is 2. The molecule has 1 atom stereocenters. The molecule has 0 fully saturated rings. The van der Waals surface area contributed by atoms with Gasteiger partial charge in [-0.1, -0.05) is 5.92 Å². The van der Waals surface area contributed by atoms with Gasteiger partial charge in [-0.3, -0.25) is 10.1 Å². The van der Waals surface area contributed by atoms with Gasteiger partial charge in [-0.05, 0) is 6.92 Å². The van der Waals surface area contributed by atoms with Crippen molar-refractivity contribution in [3.8, 4) is 12.3 Å². The maximum absolute atomic E-state index is 10.8. The van der Waals surface area contributed by atoms with E-state index in [2.05, 4.69) is 11.2 Å². The van der Waals surface area contributed by atoms with Gasteiger partial charge in [-0.15, -0.1) is 18.0 Å². The van der Waals surface area contributed by atoms with Crippen molar-refractivity contribution in [2.24, 2.45) is 0 Å². The summed E-state index contributed by atoms with van der Waals surface area (Å²) in [6.45, 7) is 1.54. The molecule has 0 saturated carbocycles. The second-order valence-corrected chi connectivity index (χ2v) is 2.65. The van der Waals surface area contributed by atoms with Gasteiger partial charge in [0, 0.05) is 0 Å². The Hall–Kier alpha value is -1.21. The summed E-state index contributed by atoms with van der Waals surface area (Å²) in [5, 5.41) is 3.52. The first kappa shape index (κ1) is 10.8. The molecule has 0 rings (SSSR count). The summed E-state index contributed by atoms with van der Waals surface area (Å²) < 4.78 is 0. The summed E-state index contributed by atoms with van der Waals surface area (Å²) >= 11 is 5.37. The molecule has 0 bridgehead atoms. The van der Waals surface area contributed by atoms with Gasteiger partial charge in [-0.25, -0.2) is 4.79 Å². The molecule has 0 aliphatic rings. The first-order valence-electron chi connectivity index (χ1n) is 3.24. The number of amides is 3. The monoisotopic (exact) mass is 188 g/mol. The molecule has 0 aliphatic carbocycles. The topological polar surface area (TPSA) is 58.2 Å². The summed E-state index contributed by atoms with van der Waals surface area (Å²) in [7, 11) is 0. The van der Waals surface area contributed by atoms with Gasteiger partial charge in [0.2, 0.25) is 5.91 Å². The zero-order chi connectivity index (χ0) is 9.56. The number of rotatable bonds is 2. The third-order valence-electron chi connectivity index (χ3n) is 0.949. The van der Waals surface area contributed by atoms with E-state index in [9.17, 15) is 9.59 Å². The molecule has 0 saturated heterocycles. The molecule has 0 aromatic heterocycles. The standard InChI is InChI=1S/C7H9ClN2O2/c1-3-4-9-7(12)10-6(11)5(2)8/h1,5H,4H2,2H3,(H2,9,10,11,12). The highest BCUT2D eigenvalue weighted by molar-refractivity contribution is 6.31. The molecule has 0 radical (unpaired) electrons. The Morgan fingerprint density at radius 1 is 1.67 bits per heavy atom. The van der Waals surface area contributed by atoms with Crippen molar-refractivity contribution in [3.63, 3.8) is 0 Å². The first-order chi connectivity index (χ1) is 5.57. The van der Waals surface area contributed by atoms with Crippen LogP contribution in [0.1, 0.15) is 6.92 Å². The molecule has 5 heteroatoms. The molecule has 2 N–H and O–H groups in total. The number of alkyl halides is 1. The van der Waals surface area contributed by atoms with Gasteiger partial charge in [0.25, 0.3) is 0 Å². The highest BCUT2D eigenvalue weighted by Gasteiger charge is 2.11. The highest BCUT2D eigenvalue weighted by atomic mass is 35.5. The smallest absolute Gasteiger partial charge is 0.322 e. The van der Waals surface area contributed by atoms with Gasteiger partial charge < -0.3 is 5.32 Å². The SMILES string of the molecule is C#CCNC(=O)NC(=O)C(C)Cl. The summed E-state index contributed by atoms with van der Waals surface area (Å²) in [4.78, 5) is 21.5. The summed E-state index contributed by atoms with van der Waals surface area (Å²) in [6, 6.07) is -0.634. The Balaban J connectivity index is 3.71. The van der Waals surface area contributed by atoms with E-state index in [1.807, 2.05) is 5.32 Å². The number of hydrogen-bond acceptors (Lipinski definition) is 2. The molecule has 66 valence electrons. The molecule has 1 unspecified atom stereocenters. The fourth-order valence-electron chi connectivity index (χ4n) is 0.387. The zero-order valence-corrected chi connectivity index (χ0v) is 7.31. The minimum absolute atomic E-state index is 0.0791. The summed E-state index contributed by atoms with van der Waals surface area (Å²) in [6.07, 6.45) is 4.86. The largest absolute Gasteiger partial charge is 0.327 e. The molecule has 0 heterocycles. The molecule has 0 aromatic carbocycles. The average Bonchev–Trinajstić information content (AvgIpc) is 2.00. The Morgan fingerprint density at radius 3 is 2.67 bits per heavy atom. The van der Waals surface area contributed by atoms with Crippen molar-refractivity contribution >= 4 is 23.5 Å². The predicted molar refractivity (Wildman–Crippen MR) is 45.7 cm³/mol. The van der Waals surface area contributed by atoms with Crippen LogP contribution < -0.4 is 10.6 Å². The molecule has 3 amide bonds. The molecular weight excluding hydrogens is 180 g/mol. The van der Waals surface area contributed by atoms with E-state index in [1.54, 1.807) is 0 Å². The van der Waals surface area contributed by atoms with Crippen LogP contribution in [0.3, 0.4) is 0 Å². The molecule has 0 aliphatic heterocycles. The average molecular weight is 189 g/mol. The predicted octanol–water partition coefficient (Wildman–Crippen LogP) is 0.0727. The van der Waals surface area contributed by atoms with E-state index in [1.165, 1.54) is 6.92 Å². The second-order valence-electron chi connectivity index (χ2n) is 1.99. The maximum atomic E-state index is 10.8. The van der Waals surface area contributed by atoms with Crippen molar-refractivity contribution in [2.45, 2.75) is 12.3 Å². The van der Waals surface area contributed by atoms with Gasteiger partial charge in [0.1, 0.15) is 5.38 Å². The van der Waals surface area contributed by atoms with E-state index in [-0.39, 0.29) is 6.54 Å². The summed E-state index contributed by atoms with van der Waals surface area (Å²) in [5.41, 5.74) is 0. The molecule has 12 heavy (non-hydrogen) atoms. The van der Waals surface area contributed by atoms with E-state index in [0.29, 0.717) is 0 Å². The minimum atomic E-state index is -0.735. The number of halogens is 1. The Morgan fingerprint density at radius 2 is 2.25 bits per heavy atom. The van der Waals surface area contributed by atoms with E-state index in [4.69, 9.17) is 18.0 Å². The van der Waals surface area contributed by atoms with Crippen LogP contribution in [-0.4, -0.2) is 23.9 Å². The van der Waals surface area contributed by atoms with Gasteiger partial charge in [0.05, 0.1) is 6.54 Å². The number of urea groups is 1. The quantitative estimate of drug-likeness (QED) is 0.476. The number of carbonyl (C=O) groups is 2. The number of imide groups is 1. The Kier molecular flexibility index (Phi) is 4.89. The molecule has 0 aromatic rings.